The molecule has 1 aromatic heterocycles. The molecule has 0 atom stereocenters. The van der Waals surface area contributed by atoms with Gasteiger partial charge in [-0.3, -0.25) is 4.79 Å². The summed E-state index contributed by atoms with van der Waals surface area (Å²) in [4.78, 5) is 18.7. The lowest BCUT2D eigenvalue weighted by atomic mass is 9.96. The van der Waals surface area contributed by atoms with Gasteiger partial charge in [-0.05, 0) is 103 Å². The van der Waals surface area contributed by atoms with Crippen molar-refractivity contribution in [3.05, 3.63) is 80.0 Å². The van der Waals surface area contributed by atoms with Crippen molar-refractivity contribution in [2.75, 3.05) is 19.8 Å². The molecule has 4 aromatic rings. The summed E-state index contributed by atoms with van der Waals surface area (Å²) in [5, 5.41) is 5.16. The molecule has 4 rings (SSSR count). The zero-order valence-corrected chi connectivity index (χ0v) is 24.8. The molecule has 0 radical (unpaired) electrons. The largest absolute Gasteiger partial charge is 0.494 e. The molecule has 0 fully saturated rings. The summed E-state index contributed by atoms with van der Waals surface area (Å²) in [6.07, 6.45) is 1.64. The molecule has 0 amide bonds. The molecule has 1 heterocycles. The van der Waals surface area contributed by atoms with E-state index in [0.29, 0.717) is 48.0 Å². The highest BCUT2D eigenvalue weighted by Crippen LogP contribution is 2.37. The molecule has 0 N–H and O–H groups in total. The van der Waals surface area contributed by atoms with Crippen LogP contribution in [0.25, 0.3) is 22.3 Å². The lowest BCUT2D eigenvalue weighted by Crippen LogP contribution is -2.21. The minimum absolute atomic E-state index is 0.216. The Bertz CT molecular complexity index is 1580. The summed E-state index contributed by atoms with van der Waals surface area (Å²) < 4.78 is 19.6. The molecule has 0 saturated heterocycles. The van der Waals surface area contributed by atoms with Crippen molar-refractivity contribution in [1.29, 1.82) is 0 Å². The highest BCUT2D eigenvalue weighted by Gasteiger charge is 2.19. The monoisotopic (exact) mass is 591 g/mol. The molecule has 0 saturated carbocycles. The second-order valence-electron chi connectivity index (χ2n) is 9.30. The van der Waals surface area contributed by atoms with Crippen LogP contribution in [0, 0.1) is 6.92 Å². The van der Waals surface area contributed by atoms with E-state index in [0.717, 1.165) is 32.5 Å². The number of rotatable bonds is 10. The van der Waals surface area contributed by atoms with Gasteiger partial charge in [-0.25, -0.2) is 4.98 Å². The predicted molar refractivity (Wildman–Crippen MR) is 161 cm³/mol. The lowest BCUT2D eigenvalue weighted by Gasteiger charge is -2.18. The summed E-state index contributed by atoms with van der Waals surface area (Å²) in [6.45, 7) is 13.6. The van der Waals surface area contributed by atoms with Gasteiger partial charge in [0.15, 0.2) is 17.3 Å². The average Bonchev–Trinajstić information content (AvgIpc) is 2.90. The van der Waals surface area contributed by atoms with Crippen LogP contribution >= 0.6 is 15.9 Å². The summed E-state index contributed by atoms with van der Waals surface area (Å²) in [5.74, 6) is 2.76. The van der Waals surface area contributed by atoms with Gasteiger partial charge in [0.05, 0.1) is 41.4 Å². The smallest absolute Gasteiger partial charge is 0.282 e. The van der Waals surface area contributed by atoms with Gasteiger partial charge in [-0.2, -0.15) is 9.78 Å². The first kappa shape index (κ1) is 28.4. The van der Waals surface area contributed by atoms with Crippen LogP contribution in [-0.2, 0) is 0 Å². The number of hydrogen-bond donors (Lipinski definition) is 0. The van der Waals surface area contributed by atoms with E-state index in [1.807, 2.05) is 64.1 Å². The number of benzene rings is 3. The van der Waals surface area contributed by atoms with Crippen LogP contribution in [0.4, 0.5) is 0 Å². The molecule has 39 heavy (non-hydrogen) atoms. The third kappa shape index (κ3) is 6.01. The van der Waals surface area contributed by atoms with Crippen LogP contribution in [0.3, 0.4) is 0 Å². The fraction of sp³-hybridized carbons (Fsp3) is 0.323. The number of aromatic nitrogens is 2. The van der Waals surface area contributed by atoms with Gasteiger partial charge in [0.25, 0.3) is 5.56 Å². The average molecular weight is 593 g/mol. The van der Waals surface area contributed by atoms with Crippen LogP contribution in [0.5, 0.6) is 17.2 Å². The van der Waals surface area contributed by atoms with E-state index in [1.165, 1.54) is 4.68 Å². The minimum atomic E-state index is -0.249. The Hall–Kier alpha value is -3.65. The van der Waals surface area contributed by atoms with Gasteiger partial charge in [0.1, 0.15) is 5.75 Å². The van der Waals surface area contributed by atoms with Gasteiger partial charge in [-0.15, -0.1) is 0 Å². The summed E-state index contributed by atoms with van der Waals surface area (Å²) in [6, 6.07) is 15.1. The summed E-state index contributed by atoms with van der Waals surface area (Å²) in [5.41, 5.74) is 3.92. The van der Waals surface area contributed by atoms with Gasteiger partial charge < -0.3 is 14.2 Å². The van der Waals surface area contributed by atoms with Gasteiger partial charge in [0, 0.05) is 5.56 Å². The predicted octanol–water partition coefficient (Wildman–Crippen LogP) is 7.34. The number of ether oxygens (including phenoxy) is 3. The maximum Gasteiger partial charge on any atom is 0.282 e. The molecule has 7 nitrogen and oxygen atoms in total. The zero-order valence-electron chi connectivity index (χ0n) is 23.2. The van der Waals surface area contributed by atoms with Crippen molar-refractivity contribution in [2.24, 2.45) is 5.10 Å². The van der Waals surface area contributed by atoms with E-state index in [4.69, 9.17) is 19.2 Å². The molecule has 0 unspecified atom stereocenters. The van der Waals surface area contributed by atoms with E-state index < -0.39 is 0 Å². The lowest BCUT2D eigenvalue weighted by molar-refractivity contribution is 0.286. The van der Waals surface area contributed by atoms with Crippen molar-refractivity contribution < 1.29 is 14.2 Å². The highest BCUT2D eigenvalue weighted by atomic mass is 79.9. The highest BCUT2D eigenvalue weighted by molar-refractivity contribution is 9.10. The van der Waals surface area contributed by atoms with Gasteiger partial charge in [-0.1, -0.05) is 26.0 Å². The van der Waals surface area contributed by atoms with Crippen LogP contribution in [0.15, 0.2) is 62.9 Å². The van der Waals surface area contributed by atoms with Gasteiger partial charge >= 0.3 is 0 Å². The number of hydrogen-bond acceptors (Lipinski definition) is 6. The summed E-state index contributed by atoms with van der Waals surface area (Å²) >= 11 is 3.58. The molecule has 0 spiro atoms. The maximum absolute atomic E-state index is 13.7. The Kier molecular flexibility index (Phi) is 9.07. The van der Waals surface area contributed by atoms with Crippen molar-refractivity contribution >= 4 is 33.0 Å². The van der Waals surface area contributed by atoms with Crippen LogP contribution in [0.1, 0.15) is 57.2 Å². The first-order valence-corrected chi connectivity index (χ1v) is 14.0. The second kappa shape index (κ2) is 12.5. The minimum Gasteiger partial charge on any atom is -0.494 e. The number of para-hydroxylation sites is 1. The Balaban J connectivity index is 1.93. The molecule has 204 valence electrons. The van der Waals surface area contributed by atoms with Crippen LogP contribution in [-0.4, -0.2) is 35.7 Å². The Morgan fingerprint density at radius 3 is 2.36 bits per heavy atom. The topological polar surface area (TPSA) is 74.9 Å². The van der Waals surface area contributed by atoms with E-state index in [2.05, 4.69) is 40.9 Å². The van der Waals surface area contributed by atoms with Crippen LogP contribution in [0.2, 0.25) is 0 Å². The Labute approximate surface area is 237 Å². The number of aryl methyl sites for hydroxylation is 1. The first-order chi connectivity index (χ1) is 18.8. The third-order valence-corrected chi connectivity index (χ3v) is 6.81. The normalized spacial score (nSPS) is 11.5. The maximum atomic E-state index is 13.7. The first-order valence-electron chi connectivity index (χ1n) is 13.2. The Morgan fingerprint density at radius 1 is 0.974 bits per heavy atom. The van der Waals surface area contributed by atoms with E-state index in [1.54, 1.807) is 12.3 Å². The van der Waals surface area contributed by atoms with Crippen molar-refractivity contribution in [3.8, 4) is 28.6 Å². The fourth-order valence-electron chi connectivity index (χ4n) is 4.41. The molecule has 0 aliphatic rings. The zero-order chi connectivity index (χ0) is 28.1. The Morgan fingerprint density at radius 2 is 1.67 bits per heavy atom. The number of fused-ring (bicyclic) bond motifs is 1. The molecule has 8 heteroatoms. The van der Waals surface area contributed by atoms with E-state index in [9.17, 15) is 4.79 Å². The number of nitrogens with zero attached hydrogens (tertiary/aromatic N) is 3. The van der Waals surface area contributed by atoms with E-state index >= 15 is 0 Å². The van der Waals surface area contributed by atoms with Crippen molar-refractivity contribution in [1.82, 2.24) is 9.66 Å². The molecule has 0 bridgehead atoms. The second-order valence-corrected chi connectivity index (χ2v) is 10.2. The van der Waals surface area contributed by atoms with Crippen molar-refractivity contribution in [2.45, 2.75) is 47.5 Å². The molecular formula is C31H34BrN3O4. The molecule has 0 aliphatic carbocycles. The third-order valence-electron chi connectivity index (χ3n) is 6.22. The fourth-order valence-corrected chi connectivity index (χ4v) is 4.98. The molecule has 3 aromatic carbocycles. The van der Waals surface area contributed by atoms with Crippen molar-refractivity contribution in [3.63, 3.8) is 0 Å². The van der Waals surface area contributed by atoms with E-state index in [-0.39, 0.29) is 11.5 Å². The quantitative estimate of drug-likeness (QED) is 0.180. The SMILES string of the molecule is CCOc1cc(C)c(-c2nc3ccccc3c(=O)n2N=Cc2cc(Br)c(OCC)c(OCC)c2)cc1C(C)C. The van der Waals surface area contributed by atoms with Gasteiger partial charge in [0.2, 0.25) is 0 Å². The summed E-state index contributed by atoms with van der Waals surface area (Å²) in [7, 11) is 0. The standard InChI is InChI=1S/C31H34BrN3O4/c1-7-37-27-14-20(6)24(17-23(27)19(4)5)30-34-26-13-11-10-12-22(26)31(36)35(30)33-18-21-15-25(32)29(39-9-3)28(16-21)38-8-2/h10-19H,7-9H2,1-6H3. The number of halogens is 1. The molecular weight excluding hydrogens is 558 g/mol. The molecule has 0 aliphatic heterocycles. The van der Waals surface area contributed by atoms with Crippen LogP contribution < -0.4 is 19.8 Å².